The van der Waals surface area contributed by atoms with Crippen LogP contribution in [-0.2, 0) is 14.3 Å². The molecule has 0 bridgehead atoms. The SMILES string of the molecule is CC(=O)C(CCC1C(C)CCC2C(C)(O)C(OC3OC(CO)C(O)C(O)C3O)CCC12C)CC(C)CC1CCC(C2CCCC2C)CC1. The summed E-state index contributed by atoms with van der Waals surface area (Å²) < 4.78 is 11.8. The molecule has 4 aliphatic carbocycles. The highest BCUT2D eigenvalue weighted by Crippen LogP contribution is 2.60. The molecule has 48 heavy (non-hydrogen) atoms. The Bertz CT molecular complexity index is 1040. The summed E-state index contributed by atoms with van der Waals surface area (Å²) in [5.74, 6) is 5.40. The molecule has 1 saturated heterocycles. The van der Waals surface area contributed by atoms with Gasteiger partial charge in [-0.15, -0.1) is 0 Å². The van der Waals surface area contributed by atoms with Crippen molar-refractivity contribution in [2.45, 2.75) is 180 Å². The number of hydrogen-bond acceptors (Lipinski definition) is 8. The van der Waals surface area contributed by atoms with Gasteiger partial charge in [-0.25, -0.2) is 0 Å². The molecule has 15 atom stereocenters. The third kappa shape index (κ3) is 8.05. The maximum absolute atomic E-state index is 13.0. The van der Waals surface area contributed by atoms with Crippen molar-refractivity contribution in [3.05, 3.63) is 0 Å². The quantitative estimate of drug-likeness (QED) is 0.158. The molecule has 1 aliphatic heterocycles. The van der Waals surface area contributed by atoms with Crippen LogP contribution in [0.5, 0.6) is 0 Å². The Morgan fingerprint density at radius 1 is 0.917 bits per heavy atom. The Morgan fingerprint density at radius 3 is 2.25 bits per heavy atom. The fourth-order valence-electron chi connectivity index (χ4n) is 12.1. The van der Waals surface area contributed by atoms with Gasteiger partial charge in [0.05, 0.1) is 18.3 Å². The van der Waals surface area contributed by atoms with E-state index in [1.807, 2.05) is 6.92 Å². The summed E-state index contributed by atoms with van der Waals surface area (Å²) in [6.07, 6.45) is 9.79. The molecule has 0 radical (unpaired) electrons. The van der Waals surface area contributed by atoms with Crippen molar-refractivity contribution in [3.8, 4) is 0 Å². The van der Waals surface area contributed by atoms with E-state index in [9.17, 15) is 30.3 Å². The molecular formula is C40H70O8. The van der Waals surface area contributed by atoms with E-state index in [0.29, 0.717) is 30.0 Å². The maximum atomic E-state index is 13.0. The van der Waals surface area contributed by atoms with Gasteiger partial charge >= 0.3 is 0 Å². The maximum Gasteiger partial charge on any atom is 0.187 e. The minimum absolute atomic E-state index is 0.0353. The van der Waals surface area contributed by atoms with Crippen LogP contribution in [0, 0.1) is 58.7 Å². The molecule has 0 aromatic rings. The lowest BCUT2D eigenvalue weighted by atomic mass is 9.48. The Kier molecular flexibility index (Phi) is 12.8. The second kappa shape index (κ2) is 16.0. The normalized spacial score (nSPS) is 48.1. The average molecular weight is 679 g/mol. The van der Waals surface area contributed by atoms with Crippen molar-refractivity contribution in [1.29, 1.82) is 0 Å². The van der Waals surface area contributed by atoms with Crippen molar-refractivity contribution in [2.75, 3.05) is 6.61 Å². The topological polar surface area (TPSA) is 137 Å². The Labute approximate surface area is 290 Å². The standard InChI is InChI=1S/C40H70O8/c1-23(20-27-11-13-28(14-12-27)30-9-7-8-24(30)2)21-29(26(4)42)15-16-31-25(3)10-17-33-39(31,5)19-18-34(40(33,6)46)48-38-37(45)36(44)35(43)32(22-41)47-38/h23-25,27-38,41,43-46H,7-22H2,1-6H3. The summed E-state index contributed by atoms with van der Waals surface area (Å²) in [4.78, 5) is 13.0. The van der Waals surface area contributed by atoms with Gasteiger partial charge in [0.2, 0.25) is 0 Å². The van der Waals surface area contributed by atoms with Gasteiger partial charge in [0.1, 0.15) is 30.2 Å². The fraction of sp³-hybridized carbons (Fsp3) is 0.975. The number of carbonyl (C=O) groups excluding carboxylic acids is 1. The number of aliphatic hydroxyl groups excluding tert-OH is 4. The van der Waals surface area contributed by atoms with E-state index in [-0.39, 0.29) is 17.3 Å². The van der Waals surface area contributed by atoms with E-state index in [1.54, 1.807) is 6.92 Å². The smallest absolute Gasteiger partial charge is 0.187 e. The fourth-order valence-corrected chi connectivity index (χ4v) is 12.1. The van der Waals surface area contributed by atoms with Crippen LogP contribution in [0.2, 0.25) is 0 Å². The monoisotopic (exact) mass is 679 g/mol. The predicted molar refractivity (Wildman–Crippen MR) is 186 cm³/mol. The highest BCUT2D eigenvalue weighted by molar-refractivity contribution is 5.78. The summed E-state index contributed by atoms with van der Waals surface area (Å²) >= 11 is 0. The van der Waals surface area contributed by atoms with Crippen molar-refractivity contribution in [3.63, 3.8) is 0 Å². The third-order valence-electron chi connectivity index (χ3n) is 14.9. The van der Waals surface area contributed by atoms with E-state index in [0.717, 1.165) is 62.2 Å². The van der Waals surface area contributed by atoms with Gasteiger partial charge < -0.3 is 35.0 Å². The van der Waals surface area contributed by atoms with E-state index in [2.05, 4.69) is 27.7 Å². The molecule has 8 heteroatoms. The van der Waals surface area contributed by atoms with Crippen LogP contribution >= 0.6 is 0 Å². The number of carbonyl (C=O) groups is 1. The van der Waals surface area contributed by atoms with Crippen LogP contribution in [0.1, 0.15) is 138 Å². The third-order valence-corrected chi connectivity index (χ3v) is 14.9. The number of hydrogen-bond donors (Lipinski definition) is 5. The zero-order valence-corrected chi connectivity index (χ0v) is 30.9. The van der Waals surface area contributed by atoms with Crippen LogP contribution in [-0.4, -0.2) is 80.3 Å². The lowest BCUT2D eigenvalue weighted by molar-refractivity contribution is -0.335. The molecular weight excluding hydrogens is 608 g/mol. The van der Waals surface area contributed by atoms with E-state index < -0.39 is 49.0 Å². The van der Waals surface area contributed by atoms with Gasteiger partial charge in [-0.2, -0.15) is 0 Å². The zero-order chi connectivity index (χ0) is 35.0. The molecule has 5 N–H and O–H groups in total. The van der Waals surface area contributed by atoms with Crippen molar-refractivity contribution >= 4 is 5.78 Å². The zero-order valence-electron chi connectivity index (χ0n) is 30.9. The minimum Gasteiger partial charge on any atom is -0.394 e. The summed E-state index contributed by atoms with van der Waals surface area (Å²) in [5, 5.41) is 52.8. The number of rotatable bonds is 12. The Morgan fingerprint density at radius 2 is 1.62 bits per heavy atom. The molecule has 8 nitrogen and oxygen atoms in total. The summed E-state index contributed by atoms with van der Waals surface area (Å²) in [6.45, 7) is 12.6. The van der Waals surface area contributed by atoms with Crippen molar-refractivity contribution in [1.82, 2.24) is 0 Å². The Hall–Kier alpha value is -0.610. The molecule has 4 saturated carbocycles. The number of fused-ring (bicyclic) bond motifs is 1. The lowest BCUT2D eigenvalue weighted by Crippen LogP contribution is -2.64. The lowest BCUT2D eigenvalue weighted by Gasteiger charge is -2.60. The first-order chi connectivity index (χ1) is 22.7. The van der Waals surface area contributed by atoms with E-state index in [4.69, 9.17) is 9.47 Å². The first kappa shape index (κ1) is 38.6. The van der Waals surface area contributed by atoms with Gasteiger partial charge in [-0.3, -0.25) is 4.79 Å². The van der Waals surface area contributed by atoms with Crippen LogP contribution in [0.15, 0.2) is 0 Å². The summed E-state index contributed by atoms with van der Waals surface area (Å²) in [7, 11) is 0. The second-order valence-electron chi connectivity index (χ2n) is 18.1. The second-order valence-corrected chi connectivity index (χ2v) is 18.1. The largest absolute Gasteiger partial charge is 0.394 e. The molecule has 0 aromatic heterocycles. The number of ether oxygens (including phenoxy) is 2. The van der Waals surface area contributed by atoms with Crippen molar-refractivity contribution < 1.29 is 39.8 Å². The number of Topliss-reactive ketones (excluding diaryl/α,β-unsaturated/α-hetero) is 1. The first-order valence-corrected chi connectivity index (χ1v) is 19.9. The molecule has 5 rings (SSSR count). The van der Waals surface area contributed by atoms with Gasteiger partial charge in [0, 0.05) is 5.92 Å². The minimum atomic E-state index is -1.52. The highest BCUT2D eigenvalue weighted by Gasteiger charge is 2.59. The van der Waals surface area contributed by atoms with Crippen LogP contribution in [0.4, 0.5) is 0 Å². The molecule has 0 amide bonds. The molecule has 0 spiro atoms. The van der Waals surface area contributed by atoms with Crippen LogP contribution in [0.3, 0.4) is 0 Å². The van der Waals surface area contributed by atoms with Gasteiger partial charge in [-0.1, -0.05) is 59.8 Å². The highest BCUT2D eigenvalue weighted by atomic mass is 16.7. The molecule has 5 fully saturated rings. The van der Waals surface area contributed by atoms with E-state index >= 15 is 0 Å². The molecule has 5 aliphatic rings. The first-order valence-electron chi connectivity index (χ1n) is 19.9. The van der Waals surface area contributed by atoms with Gasteiger partial charge in [0.25, 0.3) is 0 Å². The van der Waals surface area contributed by atoms with Crippen molar-refractivity contribution in [2.24, 2.45) is 58.7 Å². The predicted octanol–water partition coefficient (Wildman–Crippen LogP) is 6.03. The summed E-state index contributed by atoms with van der Waals surface area (Å²) in [5.41, 5.74) is -1.33. The summed E-state index contributed by atoms with van der Waals surface area (Å²) in [6, 6.07) is 0. The van der Waals surface area contributed by atoms with Gasteiger partial charge in [-0.05, 0) is 131 Å². The number of aliphatic hydroxyl groups is 5. The molecule has 1 heterocycles. The Balaban J connectivity index is 1.16. The van der Waals surface area contributed by atoms with E-state index in [1.165, 1.54) is 51.4 Å². The van der Waals surface area contributed by atoms with Crippen LogP contribution < -0.4 is 0 Å². The average Bonchev–Trinajstić information content (AvgIpc) is 3.47. The van der Waals surface area contributed by atoms with Crippen LogP contribution in [0.25, 0.3) is 0 Å². The number of ketones is 1. The molecule has 278 valence electrons. The van der Waals surface area contributed by atoms with Gasteiger partial charge in [0.15, 0.2) is 6.29 Å². The molecule has 15 unspecified atom stereocenters. The molecule has 0 aromatic carbocycles.